The number of benzene rings is 1. The lowest BCUT2D eigenvalue weighted by atomic mass is 10.1. The highest BCUT2D eigenvalue weighted by Crippen LogP contribution is 2.24. The van der Waals surface area contributed by atoms with Crippen molar-refractivity contribution >= 4 is 5.69 Å². The lowest BCUT2D eigenvalue weighted by Gasteiger charge is -2.08. The van der Waals surface area contributed by atoms with E-state index >= 15 is 0 Å². The second kappa shape index (κ2) is 7.70. The molecular formula is C14H21N5O2. The highest BCUT2D eigenvalue weighted by atomic mass is 16.5. The first kappa shape index (κ1) is 15.4. The van der Waals surface area contributed by atoms with Crippen LogP contribution in [0.1, 0.15) is 12.0 Å². The number of hydrogen-bond acceptors (Lipinski definition) is 6. The van der Waals surface area contributed by atoms with Gasteiger partial charge in [-0.2, -0.15) is 0 Å². The molecule has 0 unspecified atom stereocenters. The van der Waals surface area contributed by atoms with Crippen LogP contribution in [0.4, 0.5) is 5.69 Å². The van der Waals surface area contributed by atoms with Crippen LogP contribution < -0.4 is 5.73 Å². The molecule has 0 amide bonds. The summed E-state index contributed by atoms with van der Waals surface area (Å²) in [6, 6.07) is 5.83. The van der Waals surface area contributed by atoms with Gasteiger partial charge in [-0.05, 0) is 35.9 Å². The summed E-state index contributed by atoms with van der Waals surface area (Å²) in [6.45, 7) is 4.55. The Kier molecular flexibility index (Phi) is 5.65. The fraction of sp³-hybridized carbons (Fsp3) is 0.500. The fourth-order valence-corrected chi connectivity index (χ4v) is 1.97. The maximum atomic E-state index is 6.01. The average Bonchev–Trinajstić information content (AvgIpc) is 2.93. The molecule has 0 spiro atoms. The molecule has 1 aromatic heterocycles. The standard InChI is InChI=1S/C14H21N5O2/c1-11-4-5-13(15)12(10-11)14-16-17-18-19(14)6-3-7-21-9-8-20-2/h4-5,10H,3,6-9,15H2,1-2H3. The molecule has 7 heteroatoms. The van der Waals surface area contributed by atoms with E-state index < -0.39 is 0 Å². The molecule has 0 saturated carbocycles. The summed E-state index contributed by atoms with van der Waals surface area (Å²) >= 11 is 0. The van der Waals surface area contributed by atoms with E-state index in [1.54, 1.807) is 11.8 Å². The second-order valence-corrected chi connectivity index (χ2v) is 4.78. The number of anilines is 1. The van der Waals surface area contributed by atoms with Crippen molar-refractivity contribution in [1.82, 2.24) is 20.2 Å². The Morgan fingerprint density at radius 1 is 1.24 bits per heavy atom. The smallest absolute Gasteiger partial charge is 0.184 e. The molecule has 0 bridgehead atoms. The molecule has 0 saturated heterocycles. The average molecular weight is 291 g/mol. The van der Waals surface area contributed by atoms with Gasteiger partial charge in [0.1, 0.15) is 0 Å². The van der Waals surface area contributed by atoms with Crippen LogP contribution in [-0.4, -0.2) is 47.1 Å². The Labute approximate surface area is 124 Å². The van der Waals surface area contributed by atoms with Crippen molar-refractivity contribution in [2.24, 2.45) is 0 Å². The summed E-state index contributed by atoms with van der Waals surface area (Å²) in [5, 5.41) is 11.8. The van der Waals surface area contributed by atoms with Crippen LogP contribution in [0.5, 0.6) is 0 Å². The van der Waals surface area contributed by atoms with Gasteiger partial charge >= 0.3 is 0 Å². The van der Waals surface area contributed by atoms with Crippen LogP contribution in [0.2, 0.25) is 0 Å². The van der Waals surface area contributed by atoms with Gasteiger partial charge in [0.05, 0.1) is 13.2 Å². The first-order chi connectivity index (χ1) is 10.2. The van der Waals surface area contributed by atoms with Gasteiger partial charge in [-0.25, -0.2) is 4.68 Å². The number of ether oxygens (including phenoxy) is 2. The van der Waals surface area contributed by atoms with Crippen molar-refractivity contribution in [3.8, 4) is 11.4 Å². The van der Waals surface area contributed by atoms with Gasteiger partial charge < -0.3 is 15.2 Å². The maximum absolute atomic E-state index is 6.01. The number of aryl methyl sites for hydroxylation is 2. The summed E-state index contributed by atoms with van der Waals surface area (Å²) in [4.78, 5) is 0. The maximum Gasteiger partial charge on any atom is 0.184 e. The Morgan fingerprint density at radius 2 is 2.10 bits per heavy atom. The van der Waals surface area contributed by atoms with Crippen molar-refractivity contribution in [3.63, 3.8) is 0 Å². The Hall–Kier alpha value is -1.99. The minimum Gasteiger partial charge on any atom is -0.398 e. The van der Waals surface area contributed by atoms with E-state index in [0.29, 0.717) is 37.9 Å². The van der Waals surface area contributed by atoms with Crippen LogP contribution in [0.25, 0.3) is 11.4 Å². The summed E-state index contributed by atoms with van der Waals surface area (Å²) in [6.07, 6.45) is 0.827. The molecule has 0 aliphatic rings. The third-order valence-corrected chi connectivity index (χ3v) is 3.07. The van der Waals surface area contributed by atoms with Crippen molar-refractivity contribution in [1.29, 1.82) is 0 Å². The molecule has 2 aromatic rings. The second-order valence-electron chi connectivity index (χ2n) is 4.78. The minimum absolute atomic E-state index is 0.601. The molecule has 0 radical (unpaired) electrons. The predicted octanol–water partition coefficient (Wildman–Crippen LogP) is 1.28. The Morgan fingerprint density at radius 3 is 2.90 bits per heavy atom. The van der Waals surface area contributed by atoms with Crippen molar-refractivity contribution < 1.29 is 9.47 Å². The number of tetrazole rings is 1. The van der Waals surface area contributed by atoms with Gasteiger partial charge in [-0.1, -0.05) is 11.6 Å². The molecule has 7 nitrogen and oxygen atoms in total. The van der Waals surface area contributed by atoms with E-state index in [-0.39, 0.29) is 0 Å². The van der Waals surface area contributed by atoms with Crippen LogP contribution in [0, 0.1) is 6.92 Å². The van der Waals surface area contributed by atoms with E-state index in [2.05, 4.69) is 15.5 Å². The van der Waals surface area contributed by atoms with E-state index in [0.717, 1.165) is 17.5 Å². The highest BCUT2D eigenvalue weighted by Gasteiger charge is 2.11. The summed E-state index contributed by atoms with van der Waals surface area (Å²) < 4.78 is 12.1. The largest absolute Gasteiger partial charge is 0.398 e. The summed E-state index contributed by atoms with van der Waals surface area (Å²) in [5.41, 5.74) is 8.67. The number of hydrogen-bond donors (Lipinski definition) is 1. The van der Waals surface area contributed by atoms with E-state index in [1.807, 2.05) is 25.1 Å². The topological polar surface area (TPSA) is 88.1 Å². The molecular weight excluding hydrogens is 270 g/mol. The van der Waals surface area contributed by atoms with Crippen LogP contribution >= 0.6 is 0 Å². The minimum atomic E-state index is 0.601. The number of nitrogen functional groups attached to an aromatic ring is 1. The van der Waals surface area contributed by atoms with E-state index in [9.17, 15) is 0 Å². The number of nitrogens with zero attached hydrogens (tertiary/aromatic N) is 4. The summed E-state index contributed by atoms with van der Waals surface area (Å²) in [5.74, 6) is 0.688. The number of methoxy groups -OCH3 is 1. The Bertz CT molecular complexity index is 570. The van der Waals surface area contributed by atoms with Gasteiger partial charge in [-0.3, -0.25) is 0 Å². The van der Waals surface area contributed by atoms with Gasteiger partial charge in [0, 0.05) is 31.5 Å². The van der Waals surface area contributed by atoms with Crippen molar-refractivity contribution in [2.75, 3.05) is 32.7 Å². The van der Waals surface area contributed by atoms with Crippen LogP contribution in [0.3, 0.4) is 0 Å². The zero-order chi connectivity index (χ0) is 15.1. The summed E-state index contributed by atoms with van der Waals surface area (Å²) in [7, 11) is 1.66. The van der Waals surface area contributed by atoms with Gasteiger partial charge in [0.25, 0.3) is 0 Å². The van der Waals surface area contributed by atoms with E-state index in [1.165, 1.54) is 0 Å². The molecule has 1 aromatic carbocycles. The first-order valence-corrected chi connectivity index (χ1v) is 6.91. The number of aromatic nitrogens is 4. The molecule has 2 rings (SSSR count). The lowest BCUT2D eigenvalue weighted by Crippen LogP contribution is -2.09. The molecule has 2 N–H and O–H groups in total. The van der Waals surface area contributed by atoms with Gasteiger partial charge in [0.2, 0.25) is 0 Å². The molecule has 114 valence electrons. The SMILES string of the molecule is COCCOCCCn1nnnc1-c1cc(C)ccc1N. The normalized spacial score (nSPS) is 11.0. The van der Waals surface area contributed by atoms with E-state index in [4.69, 9.17) is 15.2 Å². The molecule has 0 aliphatic carbocycles. The van der Waals surface area contributed by atoms with Crippen LogP contribution in [0.15, 0.2) is 18.2 Å². The highest BCUT2D eigenvalue weighted by molar-refractivity contribution is 5.71. The fourth-order valence-electron chi connectivity index (χ4n) is 1.97. The lowest BCUT2D eigenvalue weighted by molar-refractivity contribution is 0.0677. The molecule has 0 aliphatic heterocycles. The third kappa shape index (κ3) is 4.24. The Balaban J connectivity index is 1.97. The molecule has 1 heterocycles. The molecule has 0 atom stereocenters. The van der Waals surface area contributed by atoms with Crippen molar-refractivity contribution in [2.45, 2.75) is 19.9 Å². The monoisotopic (exact) mass is 291 g/mol. The third-order valence-electron chi connectivity index (χ3n) is 3.07. The van der Waals surface area contributed by atoms with Crippen molar-refractivity contribution in [3.05, 3.63) is 23.8 Å². The zero-order valence-corrected chi connectivity index (χ0v) is 12.5. The van der Waals surface area contributed by atoms with Crippen LogP contribution in [-0.2, 0) is 16.0 Å². The zero-order valence-electron chi connectivity index (χ0n) is 12.5. The first-order valence-electron chi connectivity index (χ1n) is 6.91. The van der Waals surface area contributed by atoms with Gasteiger partial charge in [0.15, 0.2) is 5.82 Å². The number of rotatable bonds is 8. The predicted molar refractivity (Wildman–Crippen MR) is 79.7 cm³/mol. The molecule has 21 heavy (non-hydrogen) atoms. The van der Waals surface area contributed by atoms with Gasteiger partial charge in [-0.15, -0.1) is 5.10 Å². The quantitative estimate of drug-likeness (QED) is 0.582. The molecule has 0 fully saturated rings. The number of nitrogens with two attached hydrogens (primary N) is 1.